The van der Waals surface area contributed by atoms with Crippen molar-refractivity contribution >= 4 is 21.6 Å². The Morgan fingerprint density at radius 3 is 2.46 bits per heavy atom. The first-order valence-corrected chi connectivity index (χ1v) is 10.5. The van der Waals surface area contributed by atoms with Crippen LogP contribution in [0.2, 0.25) is 0 Å². The lowest BCUT2D eigenvalue weighted by atomic mass is 10.1. The number of aryl methyl sites for hydroxylation is 1. The van der Waals surface area contributed by atoms with Crippen LogP contribution in [0.15, 0.2) is 48.5 Å². The van der Waals surface area contributed by atoms with E-state index >= 15 is 0 Å². The van der Waals surface area contributed by atoms with E-state index in [2.05, 4.69) is 4.72 Å². The van der Waals surface area contributed by atoms with Gasteiger partial charge in [-0.15, -0.1) is 0 Å². The number of nitrogens with zero attached hydrogens (tertiary/aromatic N) is 1. The van der Waals surface area contributed by atoms with E-state index in [0.717, 1.165) is 11.1 Å². The molecule has 0 spiro atoms. The lowest BCUT2D eigenvalue weighted by Gasteiger charge is -2.22. The Morgan fingerprint density at radius 2 is 1.81 bits per heavy atom. The van der Waals surface area contributed by atoms with Crippen molar-refractivity contribution in [3.8, 4) is 0 Å². The monoisotopic (exact) mass is 374 g/mol. The molecule has 0 aliphatic rings. The van der Waals surface area contributed by atoms with Crippen LogP contribution in [0.4, 0.5) is 5.69 Å². The first kappa shape index (κ1) is 20.0. The summed E-state index contributed by atoms with van der Waals surface area (Å²) in [5.41, 5.74) is 3.12. The van der Waals surface area contributed by atoms with Gasteiger partial charge in [-0.25, -0.2) is 8.42 Å². The Labute approximate surface area is 156 Å². The Morgan fingerprint density at radius 1 is 1.08 bits per heavy atom. The molecule has 0 fully saturated rings. The topological polar surface area (TPSA) is 66.5 Å². The van der Waals surface area contributed by atoms with Gasteiger partial charge in [-0.3, -0.25) is 9.52 Å². The zero-order chi connectivity index (χ0) is 19.2. The second-order valence-electron chi connectivity index (χ2n) is 6.25. The van der Waals surface area contributed by atoms with Gasteiger partial charge in [0.25, 0.3) is 5.91 Å². The molecule has 0 saturated heterocycles. The molecule has 0 heterocycles. The van der Waals surface area contributed by atoms with Gasteiger partial charge in [-0.2, -0.15) is 0 Å². The van der Waals surface area contributed by atoms with Crippen molar-refractivity contribution in [2.75, 3.05) is 17.0 Å². The third-order valence-electron chi connectivity index (χ3n) is 4.15. The van der Waals surface area contributed by atoms with Crippen LogP contribution in [-0.4, -0.2) is 31.5 Å². The molecule has 0 atom stereocenters. The molecule has 0 saturated carbocycles. The molecule has 0 bridgehead atoms. The summed E-state index contributed by atoms with van der Waals surface area (Å²) < 4.78 is 26.4. The Hall–Kier alpha value is -2.34. The molecule has 140 valence electrons. The van der Waals surface area contributed by atoms with Gasteiger partial charge in [0.1, 0.15) is 0 Å². The van der Waals surface area contributed by atoms with Gasteiger partial charge in [0.05, 0.1) is 5.75 Å². The summed E-state index contributed by atoms with van der Waals surface area (Å²) in [5, 5.41) is 0. The van der Waals surface area contributed by atoms with E-state index in [4.69, 9.17) is 0 Å². The van der Waals surface area contributed by atoms with E-state index in [-0.39, 0.29) is 11.7 Å². The highest BCUT2D eigenvalue weighted by molar-refractivity contribution is 7.92. The molecule has 2 aromatic rings. The molecule has 5 nitrogen and oxygen atoms in total. The number of rotatable bonds is 8. The number of sulfonamides is 1. The highest BCUT2D eigenvalue weighted by Gasteiger charge is 2.17. The third kappa shape index (κ3) is 5.33. The van der Waals surface area contributed by atoms with E-state index in [1.807, 2.05) is 45.0 Å². The fourth-order valence-electron chi connectivity index (χ4n) is 2.72. The van der Waals surface area contributed by atoms with Crippen molar-refractivity contribution in [3.63, 3.8) is 0 Å². The van der Waals surface area contributed by atoms with Crippen molar-refractivity contribution in [3.05, 3.63) is 65.2 Å². The first-order chi connectivity index (χ1) is 12.4. The summed E-state index contributed by atoms with van der Waals surface area (Å²) in [7, 11) is -3.38. The van der Waals surface area contributed by atoms with Gasteiger partial charge in [0.15, 0.2) is 0 Å². The fraction of sp³-hybridized carbons (Fsp3) is 0.350. The highest BCUT2D eigenvalue weighted by Crippen LogP contribution is 2.17. The summed E-state index contributed by atoms with van der Waals surface area (Å²) in [6, 6.07) is 14.6. The largest absolute Gasteiger partial charge is 0.335 e. The molecular weight excluding hydrogens is 348 g/mol. The average molecular weight is 375 g/mol. The van der Waals surface area contributed by atoms with Crippen molar-refractivity contribution in [2.24, 2.45) is 0 Å². The predicted octanol–water partition coefficient (Wildman–Crippen LogP) is 3.81. The Balaban J connectivity index is 2.19. The van der Waals surface area contributed by atoms with Crippen LogP contribution < -0.4 is 4.72 Å². The molecule has 2 aromatic carbocycles. The van der Waals surface area contributed by atoms with Crippen molar-refractivity contribution in [1.82, 2.24) is 4.90 Å². The zero-order valence-corrected chi connectivity index (χ0v) is 16.3. The van der Waals surface area contributed by atoms with Crippen LogP contribution >= 0.6 is 0 Å². The predicted molar refractivity (Wildman–Crippen MR) is 106 cm³/mol. The number of carbonyl (C=O) groups excluding carboxylic acids is 1. The molecule has 1 N–H and O–H groups in total. The second-order valence-corrected chi connectivity index (χ2v) is 8.09. The van der Waals surface area contributed by atoms with E-state index in [9.17, 15) is 13.2 Å². The average Bonchev–Trinajstić information content (AvgIpc) is 2.60. The molecule has 26 heavy (non-hydrogen) atoms. The van der Waals surface area contributed by atoms with Gasteiger partial charge >= 0.3 is 0 Å². The summed E-state index contributed by atoms with van der Waals surface area (Å²) in [4.78, 5) is 14.6. The number of nitrogens with one attached hydrogen (secondary N) is 1. The van der Waals surface area contributed by atoms with E-state index in [0.29, 0.717) is 30.8 Å². The lowest BCUT2D eigenvalue weighted by Crippen LogP contribution is -2.30. The summed E-state index contributed by atoms with van der Waals surface area (Å²) in [6.07, 6.45) is 0.536. The quantitative estimate of drug-likeness (QED) is 0.764. The zero-order valence-electron chi connectivity index (χ0n) is 15.5. The Kier molecular flexibility index (Phi) is 6.80. The van der Waals surface area contributed by atoms with Crippen LogP contribution in [0.5, 0.6) is 0 Å². The Bertz CT molecular complexity index is 863. The summed E-state index contributed by atoms with van der Waals surface area (Å²) in [5.74, 6) is -0.0631. The molecular formula is C20H26N2O3S. The summed E-state index contributed by atoms with van der Waals surface area (Å²) >= 11 is 0. The molecule has 0 aliphatic heterocycles. The lowest BCUT2D eigenvalue weighted by molar-refractivity contribution is 0.0752. The molecule has 2 rings (SSSR count). The van der Waals surface area contributed by atoms with Crippen LogP contribution in [-0.2, 0) is 16.6 Å². The number of hydrogen-bond acceptors (Lipinski definition) is 3. The molecule has 0 radical (unpaired) electrons. The van der Waals surface area contributed by atoms with E-state index in [1.54, 1.807) is 29.2 Å². The molecule has 0 aliphatic carbocycles. The molecule has 0 aromatic heterocycles. The van der Waals surface area contributed by atoms with Gasteiger partial charge in [-0.1, -0.05) is 37.3 Å². The fourth-order valence-corrected chi connectivity index (χ4v) is 3.84. The second kappa shape index (κ2) is 8.85. The SMILES string of the molecule is CCCS(=O)(=O)Nc1cccc(C(=O)N(CC)Cc2ccccc2C)c1. The van der Waals surface area contributed by atoms with Crippen molar-refractivity contribution < 1.29 is 13.2 Å². The first-order valence-electron chi connectivity index (χ1n) is 8.80. The number of anilines is 1. The normalized spacial score (nSPS) is 11.2. The third-order valence-corrected chi connectivity index (χ3v) is 5.64. The van der Waals surface area contributed by atoms with E-state index in [1.165, 1.54) is 0 Å². The maximum absolute atomic E-state index is 12.9. The number of amides is 1. The highest BCUT2D eigenvalue weighted by atomic mass is 32.2. The molecule has 0 unspecified atom stereocenters. The minimum Gasteiger partial charge on any atom is -0.335 e. The smallest absolute Gasteiger partial charge is 0.254 e. The molecule has 6 heteroatoms. The number of hydrogen-bond donors (Lipinski definition) is 1. The standard InChI is InChI=1S/C20H26N2O3S/c1-4-13-26(24,25)21-19-12-8-11-17(14-19)20(23)22(5-2)15-18-10-7-6-9-16(18)3/h6-12,14,21H,4-5,13,15H2,1-3H3. The van der Waals surface area contributed by atoms with Crippen molar-refractivity contribution in [2.45, 2.75) is 33.7 Å². The van der Waals surface area contributed by atoms with Crippen LogP contribution in [0.25, 0.3) is 0 Å². The van der Waals surface area contributed by atoms with Crippen molar-refractivity contribution in [1.29, 1.82) is 0 Å². The van der Waals surface area contributed by atoms with Crippen LogP contribution in [0.1, 0.15) is 41.8 Å². The minimum absolute atomic E-state index is 0.0551. The van der Waals surface area contributed by atoms with Crippen LogP contribution in [0, 0.1) is 6.92 Å². The number of benzene rings is 2. The van der Waals surface area contributed by atoms with E-state index < -0.39 is 10.0 Å². The van der Waals surface area contributed by atoms with Crippen LogP contribution in [0.3, 0.4) is 0 Å². The van der Waals surface area contributed by atoms with Gasteiger partial charge in [0, 0.05) is 24.3 Å². The maximum Gasteiger partial charge on any atom is 0.254 e. The number of carbonyl (C=O) groups is 1. The summed E-state index contributed by atoms with van der Waals surface area (Å²) in [6.45, 7) is 6.86. The van der Waals surface area contributed by atoms with Gasteiger partial charge in [0.2, 0.25) is 10.0 Å². The minimum atomic E-state index is -3.38. The van der Waals surface area contributed by atoms with Gasteiger partial charge in [-0.05, 0) is 49.6 Å². The molecule has 1 amide bonds. The maximum atomic E-state index is 12.9. The van der Waals surface area contributed by atoms with Gasteiger partial charge < -0.3 is 4.90 Å².